The van der Waals surface area contributed by atoms with Crippen LogP contribution in [-0.4, -0.2) is 54.3 Å². The summed E-state index contributed by atoms with van der Waals surface area (Å²) in [5.41, 5.74) is 0. The zero-order valence-electron chi connectivity index (χ0n) is 13.0. The third-order valence-electron chi connectivity index (χ3n) is 3.33. The van der Waals surface area contributed by atoms with Gasteiger partial charge in [-0.3, -0.25) is 4.79 Å². The molecule has 2 aromatic rings. The van der Waals surface area contributed by atoms with Gasteiger partial charge in [0.2, 0.25) is 5.95 Å². The largest absolute Gasteiger partial charge is 0.467 e. The predicted molar refractivity (Wildman–Crippen MR) is 89.9 cm³/mol. The van der Waals surface area contributed by atoms with Crippen LogP contribution in [0, 0.1) is 0 Å². The molecule has 0 aliphatic carbocycles. The van der Waals surface area contributed by atoms with Crippen molar-refractivity contribution in [2.24, 2.45) is 0 Å². The molecule has 128 valence electrons. The number of hydrogen-bond donors (Lipinski definition) is 1. The van der Waals surface area contributed by atoms with E-state index in [1.54, 1.807) is 12.1 Å². The number of nitrogens with zero attached hydrogens (tertiary/aromatic N) is 4. The minimum atomic E-state index is -0.223. The van der Waals surface area contributed by atoms with Crippen LogP contribution < -0.4 is 15.0 Å². The minimum Gasteiger partial charge on any atom is -0.467 e. The average molecular weight is 370 g/mol. The van der Waals surface area contributed by atoms with Gasteiger partial charge >= 0.3 is 6.01 Å². The number of thiophene rings is 1. The highest BCUT2D eigenvalue weighted by atomic mass is 35.5. The highest BCUT2D eigenvalue weighted by Gasteiger charge is 2.17. The molecule has 2 aromatic heterocycles. The number of aromatic nitrogens is 3. The standard InChI is InChI=1S/C14H16ClN5O3S/c1-22-14-18-11(8-16-12(21)9-2-3-10(15)24-9)17-13(19-14)20-4-6-23-7-5-20/h2-3H,4-8H2,1H3,(H,16,21). The van der Waals surface area contributed by atoms with Crippen LogP contribution in [0.25, 0.3) is 0 Å². The Morgan fingerprint density at radius 2 is 2.17 bits per heavy atom. The Kier molecular flexibility index (Phi) is 5.44. The third-order valence-corrected chi connectivity index (χ3v) is 4.56. The van der Waals surface area contributed by atoms with Crippen LogP contribution in [0.3, 0.4) is 0 Å². The molecular formula is C14H16ClN5O3S. The Hall–Kier alpha value is -1.97. The molecule has 10 heteroatoms. The molecule has 1 fully saturated rings. The monoisotopic (exact) mass is 369 g/mol. The first kappa shape index (κ1) is 16.9. The molecule has 0 saturated carbocycles. The Morgan fingerprint density at radius 1 is 1.38 bits per heavy atom. The van der Waals surface area contributed by atoms with Crippen molar-refractivity contribution in [2.75, 3.05) is 38.3 Å². The molecule has 0 spiro atoms. The van der Waals surface area contributed by atoms with E-state index in [9.17, 15) is 4.79 Å². The maximum absolute atomic E-state index is 12.1. The first-order valence-electron chi connectivity index (χ1n) is 7.31. The van der Waals surface area contributed by atoms with Crippen LogP contribution in [0.2, 0.25) is 4.34 Å². The van der Waals surface area contributed by atoms with Crippen molar-refractivity contribution in [3.05, 3.63) is 27.2 Å². The molecule has 1 saturated heterocycles. The lowest BCUT2D eigenvalue weighted by Gasteiger charge is -2.26. The number of nitrogens with one attached hydrogen (secondary N) is 1. The molecule has 1 aliphatic rings. The van der Waals surface area contributed by atoms with Crippen LogP contribution >= 0.6 is 22.9 Å². The summed E-state index contributed by atoms with van der Waals surface area (Å²) in [5, 5.41) is 2.77. The van der Waals surface area contributed by atoms with Crippen LogP contribution in [0.4, 0.5) is 5.95 Å². The van der Waals surface area contributed by atoms with E-state index in [-0.39, 0.29) is 18.5 Å². The Balaban J connectivity index is 1.71. The maximum atomic E-state index is 12.1. The number of hydrogen-bond acceptors (Lipinski definition) is 8. The first-order chi connectivity index (χ1) is 11.7. The fourth-order valence-corrected chi connectivity index (χ4v) is 3.10. The van der Waals surface area contributed by atoms with Gasteiger partial charge in [0.1, 0.15) is 0 Å². The molecule has 1 amide bonds. The lowest BCUT2D eigenvalue weighted by molar-refractivity contribution is 0.0953. The smallest absolute Gasteiger partial charge is 0.321 e. The highest BCUT2D eigenvalue weighted by molar-refractivity contribution is 7.17. The van der Waals surface area contributed by atoms with Gasteiger partial charge in [0.25, 0.3) is 5.91 Å². The van der Waals surface area contributed by atoms with Crippen molar-refractivity contribution in [1.29, 1.82) is 0 Å². The lowest BCUT2D eigenvalue weighted by atomic mass is 10.4. The number of rotatable bonds is 5. The van der Waals surface area contributed by atoms with E-state index in [1.165, 1.54) is 18.4 Å². The number of halogens is 1. The van der Waals surface area contributed by atoms with Crippen LogP contribution in [0.1, 0.15) is 15.5 Å². The number of methoxy groups -OCH3 is 1. The Morgan fingerprint density at radius 3 is 2.83 bits per heavy atom. The van der Waals surface area contributed by atoms with E-state index in [4.69, 9.17) is 21.1 Å². The van der Waals surface area contributed by atoms with E-state index in [0.29, 0.717) is 47.3 Å². The first-order valence-corrected chi connectivity index (χ1v) is 8.50. The van der Waals surface area contributed by atoms with Crippen molar-refractivity contribution in [2.45, 2.75) is 6.54 Å². The van der Waals surface area contributed by atoms with Gasteiger partial charge in [-0.25, -0.2) is 0 Å². The molecule has 1 aliphatic heterocycles. The summed E-state index contributed by atoms with van der Waals surface area (Å²) >= 11 is 7.06. The molecule has 8 nitrogen and oxygen atoms in total. The number of anilines is 1. The van der Waals surface area contributed by atoms with Crippen molar-refractivity contribution >= 4 is 34.8 Å². The van der Waals surface area contributed by atoms with Gasteiger partial charge < -0.3 is 19.7 Å². The van der Waals surface area contributed by atoms with Gasteiger partial charge in [0, 0.05) is 13.1 Å². The molecule has 0 aromatic carbocycles. The fraction of sp³-hybridized carbons (Fsp3) is 0.429. The lowest BCUT2D eigenvalue weighted by Crippen LogP contribution is -2.37. The summed E-state index contributed by atoms with van der Waals surface area (Å²) < 4.78 is 11.0. The summed E-state index contributed by atoms with van der Waals surface area (Å²) in [6.07, 6.45) is 0. The predicted octanol–water partition coefficient (Wildman–Crippen LogP) is 1.36. The van der Waals surface area contributed by atoms with E-state index in [2.05, 4.69) is 20.3 Å². The molecule has 3 heterocycles. The molecule has 0 unspecified atom stereocenters. The van der Waals surface area contributed by atoms with Gasteiger partial charge in [-0.2, -0.15) is 15.0 Å². The quantitative estimate of drug-likeness (QED) is 0.851. The zero-order valence-corrected chi connectivity index (χ0v) is 14.6. The topological polar surface area (TPSA) is 89.5 Å². The third kappa shape index (κ3) is 4.11. The number of carbonyl (C=O) groups is 1. The van der Waals surface area contributed by atoms with E-state index >= 15 is 0 Å². The maximum Gasteiger partial charge on any atom is 0.321 e. The van der Waals surface area contributed by atoms with E-state index in [1.807, 2.05) is 4.90 Å². The second-order valence-electron chi connectivity index (χ2n) is 4.92. The number of amides is 1. The Labute approximate surface area is 147 Å². The molecule has 0 radical (unpaired) electrons. The SMILES string of the molecule is COc1nc(CNC(=O)c2ccc(Cl)s2)nc(N2CCOCC2)n1. The normalized spacial score (nSPS) is 14.5. The van der Waals surface area contributed by atoms with Crippen molar-refractivity contribution < 1.29 is 14.3 Å². The zero-order chi connectivity index (χ0) is 16.9. The van der Waals surface area contributed by atoms with E-state index in [0.717, 1.165) is 0 Å². The second kappa shape index (κ2) is 7.73. The summed E-state index contributed by atoms with van der Waals surface area (Å²) in [6, 6.07) is 3.58. The molecule has 1 N–H and O–H groups in total. The van der Waals surface area contributed by atoms with Crippen molar-refractivity contribution in [3.63, 3.8) is 0 Å². The van der Waals surface area contributed by atoms with E-state index < -0.39 is 0 Å². The number of morpholine rings is 1. The molecule has 24 heavy (non-hydrogen) atoms. The van der Waals surface area contributed by atoms with Crippen LogP contribution in [0.15, 0.2) is 12.1 Å². The van der Waals surface area contributed by atoms with Gasteiger partial charge in [-0.15, -0.1) is 11.3 Å². The highest BCUT2D eigenvalue weighted by Crippen LogP contribution is 2.21. The molecule has 0 atom stereocenters. The molecule has 0 bridgehead atoms. The van der Waals surface area contributed by atoms with Crippen LogP contribution in [0.5, 0.6) is 6.01 Å². The van der Waals surface area contributed by atoms with Gasteiger partial charge in [-0.05, 0) is 12.1 Å². The number of ether oxygens (including phenoxy) is 2. The summed E-state index contributed by atoms with van der Waals surface area (Å²) in [7, 11) is 1.49. The fourth-order valence-electron chi connectivity index (χ4n) is 2.14. The minimum absolute atomic E-state index is 0.171. The Bertz CT molecular complexity index is 720. The average Bonchev–Trinajstić information content (AvgIpc) is 3.06. The summed E-state index contributed by atoms with van der Waals surface area (Å²) in [5.74, 6) is 0.729. The van der Waals surface area contributed by atoms with Crippen molar-refractivity contribution in [1.82, 2.24) is 20.3 Å². The van der Waals surface area contributed by atoms with Gasteiger partial charge in [0.15, 0.2) is 5.82 Å². The molecular weight excluding hydrogens is 354 g/mol. The summed E-state index contributed by atoms with van der Waals surface area (Å²) in [6.45, 7) is 2.82. The van der Waals surface area contributed by atoms with Crippen molar-refractivity contribution in [3.8, 4) is 6.01 Å². The summed E-state index contributed by atoms with van der Waals surface area (Å²) in [4.78, 5) is 27.5. The van der Waals surface area contributed by atoms with Gasteiger partial charge in [0.05, 0.1) is 36.1 Å². The number of carbonyl (C=O) groups excluding carboxylic acids is 1. The second-order valence-corrected chi connectivity index (χ2v) is 6.64. The van der Waals surface area contributed by atoms with Crippen LogP contribution in [-0.2, 0) is 11.3 Å². The van der Waals surface area contributed by atoms with Gasteiger partial charge in [-0.1, -0.05) is 11.6 Å². The molecule has 3 rings (SSSR count).